The molecule has 0 N–H and O–H groups in total. The van der Waals surface area contributed by atoms with E-state index < -0.39 is 30.5 Å². The second-order valence-electron chi connectivity index (χ2n) is 9.66. The van der Waals surface area contributed by atoms with Crippen molar-refractivity contribution in [3.05, 3.63) is 75.3 Å². The molecule has 7 nitrogen and oxygen atoms in total. The van der Waals surface area contributed by atoms with E-state index in [9.17, 15) is 22.4 Å². The van der Waals surface area contributed by atoms with Gasteiger partial charge in [0.15, 0.2) is 0 Å². The van der Waals surface area contributed by atoms with Crippen LogP contribution < -0.4 is 4.90 Å². The predicted octanol–water partition coefficient (Wildman–Crippen LogP) is 5.72. The summed E-state index contributed by atoms with van der Waals surface area (Å²) >= 11 is 1.61. The second kappa shape index (κ2) is 10.6. The highest BCUT2D eigenvalue weighted by Gasteiger charge is 2.39. The lowest BCUT2D eigenvalue weighted by Gasteiger charge is -2.32. The smallest absolute Gasteiger partial charge is 0.376 e. The van der Waals surface area contributed by atoms with Crippen molar-refractivity contribution in [3.8, 4) is 0 Å². The van der Waals surface area contributed by atoms with Crippen molar-refractivity contribution in [1.29, 1.82) is 0 Å². The quantitative estimate of drug-likeness (QED) is 0.373. The third-order valence-electron chi connectivity index (χ3n) is 7.00. The zero-order valence-corrected chi connectivity index (χ0v) is 22.4. The van der Waals surface area contributed by atoms with E-state index >= 15 is 0 Å². The van der Waals surface area contributed by atoms with Gasteiger partial charge in [0.1, 0.15) is 24.1 Å². The summed E-state index contributed by atoms with van der Waals surface area (Å²) < 4.78 is 62.1. The summed E-state index contributed by atoms with van der Waals surface area (Å²) in [5, 5.41) is 9.32. The van der Waals surface area contributed by atoms with E-state index in [1.165, 1.54) is 22.9 Å². The molecule has 3 aromatic rings. The summed E-state index contributed by atoms with van der Waals surface area (Å²) in [5.41, 5.74) is 2.18. The molecule has 0 bridgehead atoms. The van der Waals surface area contributed by atoms with E-state index in [0.717, 1.165) is 21.2 Å². The standard InChI is InChI=1S/C27H27F4N5O2S/c1-15-25(39-16(2)32-15)19-11-10-17(12-24(19)38-3)21-13-36(34-33-21)23-9-4-6-18-20(28)7-5-8-22(18)35(26(23)37)14-27(29,30)31/h5,7-8,10-13,19,23-24H,4,6,9,14H2,1-3H3. The maximum absolute atomic E-state index is 14.5. The Morgan fingerprint density at radius 3 is 2.72 bits per heavy atom. The van der Waals surface area contributed by atoms with Crippen molar-refractivity contribution in [3.63, 3.8) is 0 Å². The number of fused-ring (bicyclic) bond motifs is 1. The molecule has 0 spiro atoms. The van der Waals surface area contributed by atoms with E-state index in [0.29, 0.717) is 17.0 Å². The molecular formula is C27H27F4N5O2S. The fraction of sp³-hybridized carbons (Fsp3) is 0.407. The maximum atomic E-state index is 14.5. The van der Waals surface area contributed by atoms with Gasteiger partial charge >= 0.3 is 6.18 Å². The highest BCUT2D eigenvalue weighted by molar-refractivity contribution is 7.11. The van der Waals surface area contributed by atoms with Crippen molar-refractivity contribution >= 4 is 28.5 Å². The molecule has 1 amide bonds. The fourth-order valence-corrected chi connectivity index (χ4v) is 6.27. The molecule has 0 fully saturated rings. The first kappa shape index (κ1) is 27.2. The Balaban J connectivity index is 1.44. The summed E-state index contributed by atoms with van der Waals surface area (Å²) in [6.45, 7) is 2.39. The van der Waals surface area contributed by atoms with Crippen LogP contribution in [0, 0.1) is 19.7 Å². The summed E-state index contributed by atoms with van der Waals surface area (Å²) in [5.74, 6) is -1.46. The number of amides is 1. The van der Waals surface area contributed by atoms with Gasteiger partial charge in [0.2, 0.25) is 0 Å². The summed E-state index contributed by atoms with van der Waals surface area (Å²) in [7, 11) is 1.62. The first-order valence-corrected chi connectivity index (χ1v) is 13.3. The number of thiazole rings is 1. The molecule has 3 heterocycles. The van der Waals surface area contributed by atoms with Gasteiger partial charge in [-0.3, -0.25) is 4.79 Å². The molecule has 39 heavy (non-hydrogen) atoms. The predicted molar refractivity (Wildman–Crippen MR) is 139 cm³/mol. The number of carbonyl (C=O) groups excluding carboxylic acids is 1. The molecule has 0 radical (unpaired) electrons. The number of anilines is 1. The minimum Gasteiger partial charge on any atom is -0.376 e. The van der Waals surface area contributed by atoms with Gasteiger partial charge in [0, 0.05) is 29.0 Å². The average molecular weight is 562 g/mol. The van der Waals surface area contributed by atoms with Crippen LogP contribution in [0.1, 0.15) is 51.6 Å². The van der Waals surface area contributed by atoms with Gasteiger partial charge in [-0.1, -0.05) is 23.4 Å². The SMILES string of the molecule is COC1C=C(c2cn(C3CCCc4c(F)cccc4N(CC(F)(F)F)C3=O)nn2)C=CC1c1sc(C)nc1C. The number of hydrogen-bond donors (Lipinski definition) is 0. The maximum Gasteiger partial charge on any atom is 0.406 e. The lowest BCUT2D eigenvalue weighted by molar-refractivity contribution is -0.134. The molecule has 206 valence electrons. The molecule has 5 rings (SSSR count). The normalized spacial score (nSPS) is 21.9. The van der Waals surface area contributed by atoms with Crippen molar-refractivity contribution in [2.24, 2.45) is 0 Å². The van der Waals surface area contributed by atoms with Crippen LogP contribution >= 0.6 is 11.3 Å². The average Bonchev–Trinajstić information content (AvgIpc) is 3.50. The molecule has 2 aliphatic rings. The van der Waals surface area contributed by atoms with Gasteiger partial charge in [0.25, 0.3) is 5.91 Å². The fourth-order valence-electron chi connectivity index (χ4n) is 5.22. The van der Waals surface area contributed by atoms with Crippen LogP contribution in [0.5, 0.6) is 0 Å². The van der Waals surface area contributed by atoms with Crippen molar-refractivity contribution in [1.82, 2.24) is 20.0 Å². The number of aryl methyl sites for hydroxylation is 2. The molecule has 3 atom stereocenters. The number of benzene rings is 1. The zero-order valence-electron chi connectivity index (χ0n) is 21.6. The number of methoxy groups -OCH3 is 1. The van der Waals surface area contributed by atoms with Crippen molar-refractivity contribution < 1.29 is 27.1 Å². The molecule has 1 aliphatic carbocycles. The minimum absolute atomic E-state index is 0.0245. The molecule has 1 aromatic carbocycles. The van der Waals surface area contributed by atoms with Gasteiger partial charge in [-0.05, 0) is 51.3 Å². The van der Waals surface area contributed by atoms with Gasteiger partial charge in [-0.15, -0.1) is 16.4 Å². The Morgan fingerprint density at radius 1 is 1.23 bits per heavy atom. The van der Waals surface area contributed by atoms with Gasteiger partial charge < -0.3 is 9.64 Å². The second-order valence-corrected chi connectivity index (χ2v) is 10.9. The van der Waals surface area contributed by atoms with E-state index in [-0.39, 0.29) is 36.1 Å². The number of aromatic nitrogens is 4. The summed E-state index contributed by atoms with van der Waals surface area (Å²) in [4.78, 5) is 19.8. The van der Waals surface area contributed by atoms with Crippen LogP contribution in [0.25, 0.3) is 5.57 Å². The topological polar surface area (TPSA) is 73.1 Å². The number of nitrogens with zero attached hydrogens (tertiary/aromatic N) is 5. The van der Waals surface area contributed by atoms with Gasteiger partial charge in [0.05, 0.1) is 28.7 Å². The lowest BCUT2D eigenvalue weighted by atomic mass is 9.90. The van der Waals surface area contributed by atoms with Crippen LogP contribution in [0.3, 0.4) is 0 Å². The van der Waals surface area contributed by atoms with Crippen molar-refractivity contribution in [2.45, 2.75) is 57.3 Å². The molecule has 0 saturated carbocycles. The van der Waals surface area contributed by atoms with Crippen LogP contribution in [0.15, 0.2) is 42.6 Å². The Kier molecular flexibility index (Phi) is 7.43. The third-order valence-corrected chi connectivity index (χ3v) is 8.17. The Morgan fingerprint density at radius 2 is 2.03 bits per heavy atom. The lowest BCUT2D eigenvalue weighted by Crippen LogP contribution is -2.44. The van der Waals surface area contributed by atoms with E-state index in [1.54, 1.807) is 24.6 Å². The first-order chi connectivity index (χ1) is 18.6. The molecule has 12 heteroatoms. The minimum atomic E-state index is -4.67. The zero-order chi connectivity index (χ0) is 27.9. The monoisotopic (exact) mass is 561 g/mol. The molecule has 0 saturated heterocycles. The van der Waals surface area contributed by atoms with E-state index in [4.69, 9.17) is 4.74 Å². The number of carbonyl (C=O) groups is 1. The van der Waals surface area contributed by atoms with Crippen molar-refractivity contribution in [2.75, 3.05) is 18.6 Å². The van der Waals surface area contributed by atoms with Crippen LogP contribution in [0.4, 0.5) is 23.2 Å². The van der Waals surface area contributed by atoms with Gasteiger partial charge in [-0.2, -0.15) is 13.2 Å². The summed E-state index contributed by atoms with van der Waals surface area (Å²) in [6.07, 6.45) is 3.21. The number of alkyl halides is 3. The number of rotatable bonds is 5. The molecular weight excluding hydrogens is 534 g/mol. The number of allylic oxidation sites excluding steroid dienone is 2. The van der Waals surface area contributed by atoms with Crippen LogP contribution in [-0.2, 0) is 16.0 Å². The Labute approximate surface area is 226 Å². The summed E-state index contributed by atoms with van der Waals surface area (Å²) in [6, 6.07) is 2.83. The van der Waals surface area contributed by atoms with E-state index in [2.05, 4.69) is 15.3 Å². The number of halogens is 4. The number of hydrogen-bond acceptors (Lipinski definition) is 6. The van der Waals surface area contributed by atoms with Gasteiger partial charge in [-0.25, -0.2) is 14.1 Å². The first-order valence-electron chi connectivity index (χ1n) is 12.5. The third kappa shape index (κ3) is 5.53. The molecule has 3 unspecified atom stereocenters. The Bertz CT molecular complexity index is 1440. The van der Waals surface area contributed by atoms with Crippen LogP contribution in [-0.4, -0.2) is 51.8 Å². The highest BCUT2D eigenvalue weighted by atomic mass is 32.1. The Hall–Kier alpha value is -3.38. The molecule has 1 aliphatic heterocycles. The molecule has 2 aromatic heterocycles. The van der Waals surface area contributed by atoms with E-state index in [1.807, 2.05) is 32.1 Å². The number of ether oxygens (including phenoxy) is 1. The highest BCUT2D eigenvalue weighted by Crippen LogP contribution is 2.37. The van der Waals surface area contributed by atoms with Crippen LogP contribution in [0.2, 0.25) is 0 Å². The largest absolute Gasteiger partial charge is 0.406 e.